The number of halogens is 1. The van der Waals surface area contributed by atoms with E-state index < -0.39 is 26.0 Å². The number of rotatable bonds is 7. The number of pyridine rings is 3. The Labute approximate surface area is 349 Å². The molecule has 0 amide bonds. The Morgan fingerprint density at radius 3 is 2.36 bits per heavy atom. The van der Waals surface area contributed by atoms with E-state index in [-0.39, 0.29) is 31.8 Å². The Kier molecular flexibility index (Phi) is 10.8. The molecule has 1 radical (unpaired) electrons. The minimum absolute atomic E-state index is 0. The van der Waals surface area contributed by atoms with E-state index in [0.29, 0.717) is 27.9 Å². The predicted molar refractivity (Wildman–Crippen MR) is 228 cm³/mol. The van der Waals surface area contributed by atoms with Gasteiger partial charge < -0.3 is 9.97 Å². The van der Waals surface area contributed by atoms with Crippen molar-refractivity contribution in [3.8, 4) is 22.5 Å². The van der Waals surface area contributed by atoms with Crippen molar-refractivity contribution in [2.45, 2.75) is 62.1 Å². The van der Waals surface area contributed by atoms with E-state index in [1.54, 1.807) is 23.6 Å². The van der Waals surface area contributed by atoms with Gasteiger partial charge in [0.05, 0.1) is 0 Å². The smallest absolute Gasteiger partial charge is 0.0319 e. The summed E-state index contributed by atoms with van der Waals surface area (Å²) >= 11 is -0.622. The van der Waals surface area contributed by atoms with Crippen LogP contribution in [0.25, 0.3) is 53.5 Å². The van der Waals surface area contributed by atoms with Gasteiger partial charge in [0, 0.05) is 33.7 Å². The number of thiophene rings is 1. The van der Waals surface area contributed by atoms with Gasteiger partial charge in [-0.05, 0) is 57.3 Å². The molecule has 0 saturated heterocycles. The van der Waals surface area contributed by atoms with Crippen LogP contribution in [0.4, 0.5) is 4.39 Å². The van der Waals surface area contributed by atoms with Gasteiger partial charge in [-0.25, -0.2) is 0 Å². The van der Waals surface area contributed by atoms with Crippen LogP contribution in [-0.2, 0) is 32.9 Å². The van der Waals surface area contributed by atoms with E-state index in [2.05, 4.69) is 80.9 Å². The fourth-order valence-corrected chi connectivity index (χ4v) is 11.5. The third kappa shape index (κ3) is 8.99. The molecule has 55 heavy (non-hydrogen) atoms. The molecule has 4 aromatic heterocycles. The molecule has 0 atom stereocenters. The summed E-state index contributed by atoms with van der Waals surface area (Å²) in [6.45, 7) is 0. The molecule has 1 aliphatic rings. The van der Waals surface area contributed by atoms with Crippen molar-refractivity contribution in [1.29, 1.82) is 0 Å². The third-order valence-electron chi connectivity index (χ3n) is 10.0. The van der Waals surface area contributed by atoms with Gasteiger partial charge in [-0.15, -0.1) is 0 Å². The van der Waals surface area contributed by atoms with Crippen LogP contribution in [0, 0.1) is 24.0 Å². The maximum Gasteiger partial charge on any atom is 0.0319 e. The van der Waals surface area contributed by atoms with Crippen molar-refractivity contribution in [2.75, 3.05) is 0 Å². The molecule has 0 N–H and O–H groups in total. The zero-order valence-electron chi connectivity index (χ0n) is 35.1. The van der Waals surface area contributed by atoms with Crippen LogP contribution >= 0.6 is 11.3 Å². The summed E-state index contributed by atoms with van der Waals surface area (Å²) < 4.78 is 52.0. The quantitative estimate of drug-likeness (QED) is 0.118. The van der Waals surface area contributed by atoms with Gasteiger partial charge in [-0.2, -0.15) is 11.3 Å². The molecule has 4 aromatic carbocycles. The molecule has 0 spiro atoms. The molecule has 0 bridgehead atoms. The van der Waals surface area contributed by atoms with Gasteiger partial charge in [0.25, 0.3) is 0 Å². The molecule has 0 unspecified atom stereocenters. The van der Waals surface area contributed by atoms with Gasteiger partial charge in [0.2, 0.25) is 0 Å². The molecule has 7 heteroatoms. The summed E-state index contributed by atoms with van der Waals surface area (Å²) in [5.74, 6) is 6.40. The number of hydrogen-bond acceptors (Lipinski definition) is 4. The van der Waals surface area contributed by atoms with E-state index in [9.17, 15) is 4.39 Å². The van der Waals surface area contributed by atoms with Crippen LogP contribution in [0.3, 0.4) is 0 Å². The molecule has 3 nitrogen and oxygen atoms in total. The predicted octanol–water partition coefficient (Wildman–Crippen LogP) is 12.4. The van der Waals surface area contributed by atoms with Gasteiger partial charge in [0.1, 0.15) is 0 Å². The first-order chi connectivity index (χ1) is 27.8. The molecule has 0 aliphatic heterocycles. The molecule has 1 saturated carbocycles. The van der Waals surface area contributed by atoms with Crippen molar-refractivity contribution in [3.63, 3.8) is 0 Å². The molecular weight excluding hydrogens is 934 g/mol. The maximum absolute atomic E-state index is 13.2. The van der Waals surface area contributed by atoms with Crippen molar-refractivity contribution >= 4 is 59.9 Å². The molecule has 9 rings (SSSR count). The maximum atomic E-state index is 13.2. The van der Waals surface area contributed by atoms with Crippen molar-refractivity contribution in [2.24, 2.45) is 5.92 Å². The van der Waals surface area contributed by atoms with Gasteiger partial charge in [-0.1, -0.05) is 91.1 Å². The molecular formula is C48H44FGeIrN3S-2. The summed E-state index contributed by atoms with van der Waals surface area (Å²) in [4.78, 5) is 13.6. The van der Waals surface area contributed by atoms with Crippen LogP contribution in [0.2, 0.25) is 17.3 Å². The van der Waals surface area contributed by atoms with Gasteiger partial charge >= 0.3 is 148 Å². The minimum atomic E-state index is -2.37. The summed E-state index contributed by atoms with van der Waals surface area (Å²) in [5, 5.41) is 4.77. The Bertz CT molecular complexity index is 2730. The third-order valence-corrected chi connectivity index (χ3v) is 15.5. The van der Waals surface area contributed by atoms with Gasteiger partial charge in [-0.3, -0.25) is 0 Å². The Morgan fingerprint density at radius 2 is 1.58 bits per heavy atom. The van der Waals surface area contributed by atoms with Crippen LogP contribution in [-0.4, -0.2) is 28.2 Å². The molecule has 4 heterocycles. The van der Waals surface area contributed by atoms with E-state index in [1.807, 2.05) is 60.9 Å². The number of aromatic nitrogens is 3. The second-order valence-corrected chi connectivity index (χ2v) is 26.5. The van der Waals surface area contributed by atoms with E-state index in [1.165, 1.54) is 39.4 Å². The number of benzene rings is 4. The number of nitrogens with zero attached hydrogens (tertiary/aromatic N) is 3. The average molecular weight is 983 g/mol. The van der Waals surface area contributed by atoms with Crippen LogP contribution in [0.1, 0.15) is 54.3 Å². The van der Waals surface area contributed by atoms with E-state index in [0.717, 1.165) is 51.4 Å². The SMILES string of the molecule is [2H]C([2H])(c1ccccc1)c1cc(-c2[c-]cc(F)cc2)nc[c]1[Ge]([CH3])([CH3])[CH3].[2H]C([2H])(c1ccnc(-c2[c-]ncc3c2sc2c4ccccc4ccc32)c1)C1CCCCC1.[Ir]. The zero-order chi connectivity index (χ0) is 40.7. The molecule has 8 aromatic rings. The standard InChI is InChI=1S/C27H23N2S.C21H21FGeN.Ir/c1-2-6-18(7-3-1)14-19-12-13-29-25(15-19)24-17-28-16-23-22-11-10-20-8-4-5-9-21(20)26(22)30-27(23)24;1-23(2,3)20-15-24-21(17-9-11-19(22)12-10-17)14-18(20)13-16-7-5-4-6-8-16;/h4-5,8-13,15-16,18H,1-3,6-7,14H2;4-9,11-12,14-15H,13H2,1-3H3;/q2*-1;/i14D2;13D2;. The van der Waals surface area contributed by atoms with E-state index >= 15 is 0 Å². The summed E-state index contributed by atoms with van der Waals surface area (Å²) in [6.07, 6.45) is 11.0. The Balaban J connectivity index is 0.000000180. The first kappa shape index (κ1) is 34.2. The van der Waals surface area contributed by atoms with Crippen molar-refractivity contribution in [3.05, 3.63) is 156 Å². The van der Waals surface area contributed by atoms with Crippen LogP contribution < -0.4 is 4.40 Å². The molecule has 1 aliphatic carbocycles. The molecule has 279 valence electrons. The number of fused-ring (bicyclic) bond motifs is 5. The monoisotopic (exact) mass is 984 g/mol. The second kappa shape index (κ2) is 17.4. The summed E-state index contributed by atoms with van der Waals surface area (Å²) in [6, 6.07) is 34.7. The normalized spacial score (nSPS) is 15.0. The minimum Gasteiger partial charge on any atom is -0.359 e. The second-order valence-electron chi connectivity index (χ2n) is 14.9. The van der Waals surface area contributed by atoms with Crippen molar-refractivity contribution < 1.29 is 30.0 Å². The fourth-order valence-electron chi connectivity index (χ4n) is 7.23. The van der Waals surface area contributed by atoms with Gasteiger partial charge in [0.15, 0.2) is 0 Å². The largest absolute Gasteiger partial charge is 0.359 e. The number of hydrogen-bond donors (Lipinski definition) is 0. The summed E-state index contributed by atoms with van der Waals surface area (Å²) in [7, 11) is 0. The fraction of sp³-hybridized carbons (Fsp3) is 0.229. The van der Waals surface area contributed by atoms with E-state index in [4.69, 9.17) is 5.48 Å². The van der Waals surface area contributed by atoms with Crippen molar-refractivity contribution in [1.82, 2.24) is 15.0 Å². The Hall–Kier alpha value is -4.07. The zero-order valence-corrected chi connectivity index (χ0v) is 36.4. The average Bonchev–Trinajstić information content (AvgIpc) is 3.64. The first-order valence-electron chi connectivity index (χ1n) is 20.6. The first-order valence-corrected chi connectivity index (χ1v) is 26.8. The molecule has 1 fully saturated rings. The topological polar surface area (TPSA) is 38.7 Å². The summed E-state index contributed by atoms with van der Waals surface area (Å²) in [5.41, 5.74) is 4.85. The van der Waals surface area contributed by atoms with Crippen LogP contribution in [0.15, 0.2) is 122 Å². The Morgan fingerprint density at radius 1 is 0.782 bits per heavy atom. The van der Waals surface area contributed by atoms with Crippen LogP contribution in [0.5, 0.6) is 0 Å².